The third-order valence-corrected chi connectivity index (χ3v) is 18.1. The van der Waals surface area contributed by atoms with Crippen LogP contribution in [0.15, 0.2) is 273 Å². The summed E-state index contributed by atoms with van der Waals surface area (Å²) in [4.78, 5) is 0. The molecule has 0 aliphatic rings. The molecule has 86 heavy (non-hydrogen) atoms. The first kappa shape index (κ1) is 53.5. The number of rotatable bonds is 20. The maximum atomic E-state index is 7.19. The Kier molecular flexibility index (Phi) is 14.9. The third-order valence-electron chi connectivity index (χ3n) is 18.1. The van der Waals surface area contributed by atoms with E-state index in [1.807, 2.05) is 0 Å². The van der Waals surface area contributed by atoms with Crippen LogP contribution in [0.4, 0.5) is 0 Å². The number of ether oxygens (including phenoxy) is 4. The minimum absolute atomic E-state index is 0.0404. The lowest BCUT2D eigenvalue weighted by molar-refractivity contribution is -0.120. The summed E-state index contributed by atoms with van der Waals surface area (Å²) < 4.78 is 28.2. The van der Waals surface area contributed by atoms with E-state index in [0.717, 1.165) is 6.42 Å². The molecule has 0 heterocycles. The molecule has 0 atom stereocenters. The van der Waals surface area contributed by atoms with Gasteiger partial charge < -0.3 is 18.9 Å². The first-order valence-corrected chi connectivity index (χ1v) is 30.5. The number of benzene rings is 15. The summed E-state index contributed by atoms with van der Waals surface area (Å²) in [6.45, 7) is 1.09. The quantitative estimate of drug-likeness (QED) is 0.0433. The summed E-state index contributed by atoms with van der Waals surface area (Å²) in [5.74, 6) is -0.0404. The molecule has 0 aliphatic carbocycles. The molecule has 0 N–H and O–H groups in total. The Balaban J connectivity index is 0.751. The minimum atomic E-state index is -0.210. The van der Waals surface area contributed by atoms with Gasteiger partial charge in [0.2, 0.25) is 0 Å². The Bertz CT molecular complexity index is 4220. The van der Waals surface area contributed by atoms with Crippen molar-refractivity contribution in [1.82, 2.24) is 0 Å². The summed E-state index contributed by atoms with van der Waals surface area (Å²) in [6, 6.07) is 99.5. The van der Waals surface area contributed by atoms with Crippen LogP contribution in [0.25, 0.3) is 108 Å². The average Bonchev–Trinajstić information content (AvgIpc) is 2.19. The van der Waals surface area contributed by atoms with Gasteiger partial charge in [-0.05, 0) is 172 Å². The summed E-state index contributed by atoms with van der Waals surface area (Å²) in [6.07, 6.45) is 3.15. The molecular weight excluding hydrogens is 1050 g/mol. The van der Waals surface area contributed by atoms with E-state index in [1.54, 1.807) is 0 Å². The van der Waals surface area contributed by atoms with Crippen molar-refractivity contribution in [2.24, 2.45) is 5.92 Å². The number of hydrogen-bond donors (Lipinski definition) is 0. The Morgan fingerprint density at radius 1 is 0.209 bits per heavy atom. The average molecular weight is 1120 g/mol. The summed E-state index contributed by atoms with van der Waals surface area (Å²) in [5.41, 5.74) is 6.47. The van der Waals surface area contributed by atoms with Crippen LogP contribution in [-0.4, -0.2) is 39.0 Å². The van der Waals surface area contributed by atoms with Crippen LogP contribution >= 0.6 is 0 Å². The molecule has 0 spiro atoms. The van der Waals surface area contributed by atoms with Crippen molar-refractivity contribution in [2.45, 2.75) is 44.3 Å². The fourth-order valence-electron chi connectivity index (χ4n) is 14.1. The van der Waals surface area contributed by atoms with E-state index in [9.17, 15) is 0 Å². The molecular formula is C82H66O4. The molecule has 4 nitrogen and oxygen atoms in total. The Morgan fingerprint density at radius 2 is 0.384 bits per heavy atom. The highest BCUT2D eigenvalue weighted by Crippen LogP contribution is 2.37. The van der Waals surface area contributed by atoms with Crippen molar-refractivity contribution in [3.05, 3.63) is 301 Å². The highest BCUT2D eigenvalue weighted by molar-refractivity contribution is 6.06. The largest absolute Gasteiger partial charge is 0.355 e. The molecule has 0 saturated heterocycles. The normalized spacial score (nSPS) is 12.2. The number of fused-ring (bicyclic) bond motifs is 10. The van der Waals surface area contributed by atoms with Crippen molar-refractivity contribution in [1.29, 1.82) is 0 Å². The van der Waals surface area contributed by atoms with Crippen LogP contribution < -0.4 is 0 Å². The Morgan fingerprint density at radius 3 is 0.581 bits per heavy atom. The van der Waals surface area contributed by atoms with Crippen LogP contribution in [0.2, 0.25) is 0 Å². The molecule has 0 aromatic heterocycles. The molecule has 0 fully saturated rings. The predicted molar refractivity (Wildman–Crippen MR) is 361 cm³/mol. The van der Waals surface area contributed by atoms with Crippen molar-refractivity contribution in [3.8, 4) is 0 Å². The van der Waals surface area contributed by atoms with Crippen molar-refractivity contribution in [3.63, 3.8) is 0 Å². The minimum Gasteiger partial charge on any atom is -0.355 e. The van der Waals surface area contributed by atoms with Crippen molar-refractivity contribution < 1.29 is 18.9 Å². The summed E-state index contributed by atoms with van der Waals surface area (Å²) in [7, 11) is 0. The van der Waals surface area contributed by atoms with E-state index in [4.69, 9.17) is 18.9 Å². The van der Waals surface area contributed by atoms with Crippen LogP contribution in [0, 0.1) is 5.92 Å². The lowest BCUT2D eigenvalue weighted by Gasteiger charge is -2.25. The summed E-state index contributed by atoms with van der Waals surface area (Å²) in [5, 5.41) is 24.8. The molecule has 4 heteroatoms. The smallest absolute Gasteiger partial charge is 0.147 e. The molecule has 15 aromatic rings. The van der Waals surface area contributed by atoms with Gasteiger partial charge in [0.05, 0.1) is 25.4 Å². The second-order valence-corrected chi connectivity index (χ2v) is 23.4. The first-order valence-electron chi connectivity index (χ1n) is 30.5. The van der Waals surface area contributed by atoms with Gasteiger partial charge in [0.15, 0.2) is 0 Å². The van der Waals surface area contributed by atoms with Gasteiger partial charge in [-0.15, -0.1) is 0 Å². The SMILES string of the molecule is c1ccc2c(CC(COCOC(Cc3c4ccccc4cc4ccccc34)Cc3c4ccccc4cc4ccccc34)COCOC(Cc3c4ccccc4cc4ccccc34)Cc3c4ccccc4cc4ccccc34)c3ccccc3cc2c1. The zero-order valence-corrected chi connectivity index (χ0v) is 48.2. The Hall–Kier alpha value is -9.26. The zero-order valence-electron chi connectivity index (χ0n) is 48.2. The van der Waals surface area contributed by atoms with E-state index in [-0.39, 0.29) is 31.7 Å². The lowest BCUT2D eigenvalue weighted by atomic mass is 9.89. The summed E-state index contributed by atoms with van der Waals surface area (Å²) >= 11 is 0. The van der Waals surface area contributed by atoms with Crippen LogP contribution in [0.1, 0.15) is 27.8 Å². The first-order chi connectivity index (χ1) is 42.6. The molecule has 0 bridgehead atoms. The van der Waals surface area contributed by atoms with Gasteiger partial charge in [-0.2, -0.15) is 0 Å². The van der Waals surface area contributed by atoms with Gasteiger partial charge >= 0.3 is 0 Å². The van der Waals surface area contributed by atoms with Crippen molar-refractivity contribution >= 4 is 108 Å². The van der Waals surface area contributed by atoms with Crippen LogP contribution in [-0.2, 0) is 51.1 Å². The second-order valence-electron chi connectivity index (χ2n) is 23.4. The molecule has 0 unspecified atom stereocenters. The molecule has 0 aliphatic heterocycles. The van der Waals surface area contributed by atoms with Gasteiger partial charge in [0.1, 0.15) is 13.6 Å². The molecule has 0 saturated carbocycles. The molecule has 15 rings (SSSR count). The van der Waals surface area contributed by atoms with Crippen LogP contribution in [0.3, 0.4) is 0 Å². The molecule has 418 valence electrons. The second kappa shape index (κ2) is 24.0. The predicted octanol–water partition coefficient (Wildman–Crippen LogP) is 20.1. The molecule has 0 radical (unpaired) electrons. The van der Waals surface area contributed by atoms with E-state index in [0.29, 0.717) is 38.9 Å². The van der Waals surface area contributed by atoms with Gasteiger partial charge in [-0.1, -0.05) is 243 Å². The molecule has 15 aromatic carbocycles. The van der Waals surface area contributed by atoms with Gasteiger partial charge in [-0.25, -0.2) is 0 Å². The third kappa shape index (κ3) is 10.7. The van der Waals surface area contributed by atoms with Crippen molar-refractivity contribution in [2.75, 3.05) is 26.8 Å². The van der Waals surface area contributed by atoms with E-state index >= 15 is 0 Å². The fourth-order valence-corrected chi connectivity index (χ4v) is 14.1. The Labute approximate surface area is 501 Å². The van der Waals surface area contributed by atoms with Gasteiger partial charge in [0, 0.05) is 31.6 Å². The maximum Gasteiger partial charge on any atom is 0.147 e. The van der Waals surface area contributed by atoms with E-state index in [1.165, 1.54) is 136 Å². The van der Waals surface area contributed by atoms with Gasteiger partial charge in [-0.3, -0.25) is 0 Å². The highest BCUT2D eigenvalue weighted by Gasteiger charge is 2.23. The van der Waals surface area contributed by atoms with E-state index in [2.05, 4.69) is 273 Å². The number of hydrogen-bond acceptors (Lipinski definition) is 4. The zero-order chi connectivity index (χ0) is 57.2. The fraction of sp³-hybridized carbons (Fsp3) is 0.146. The monoisotopic (exact) mass is 1110 g/mol. The maximum absolute atomic E-state index is 7.19. The standard InChI is InChI=1S/C82H66O4/c1-11-31-68-56(21-1)42-57-22-2-12-32-69(57)78(68)41-55(51-83-53-85-66(47-79-70-33-13-3-23-58(70)43-59-24-4-14-34-71(59)79)48-80-72-35-15-5-25-60(72)44-61-26-6-16-36-73(61)80)52-84-54-86-67(49-81-74-37-17-7-27-62(74)45-63-28-8-18-38-75(63)81)50-82-76-39-19-9-29-64(76)46-65-30-10-20-40-77(65)82/h1-40,42-46,55,66-67H,41,47-54H2. The topological polar surface area (TPSA) is 36.9 Å². The van der Waals surface area contributed by atoms with Gasteiger partial charge in [0.25, 0.3) is 0 Å². The lowest BCUT2D eigenvalue weighted by Crippen LogP contribution is -2.26. The highest BCUT2D eigenvalue weighted by atomic mass is 16.7. The van der Waals surface area contributed by atoms with E-state index < -0.39 is 0 Å². The molecule has 0 amide bonds. The van der Waals surface area contributed by atoms with Crippen LogP contribution in [0.5, 0.6) is 0 Å².